The molecular formula is C18H19N3O2S2. The van der Waals surface area contributed by atoms with Crippen molar-refractivity contribution in [1.82, 2.24) is 9.13 Å². The van der Waals surface area contributed by atoms with E-state index in [0.717, 1.165) is 15.6 Å². The van der Waals surface area contributed by atoms with Gasteiger partial charge in [-0.15, -0.1) is 0 Å². The van der Waals surface area contributed by atoms with Gasteiger partial charge in [0.05, 0.1) is 5.69 Å². The van der Waals surface area contributed by atoms with Gasteiger partial charge in [0.15, 0.2) is 4.77 Å². The standard InChI is InChI=1S/C18H19N3O2S2/c1-4-20-16(22)12(17(23)21(5-2)18(20)24)10-11-15-19(3)13-8-6-7-9-14(13)25-15/h6-10,22H,4-5H2,1-3H3. The summed E-state index contributed by atoms with van der Waals surface area (Å²) in [5.41, 5.74) is 4.16. The number of hydrogen-bond donors (Lipinski definition) is 1. The Kier molecular flexibility index (Phi) is 4.90. The molecule has 1 N–H and O–H groups in total. The summed E-state index contributed by atoms with van der Waals surface area (Å²) in [7, 11) is 1.96. The summed E-state index contributed by atoms with van der Waals surface area (Å²) in [6.07, 6.45) is 1.55. The van der Waals surface area contributed by atoms with Gasteiger partial charge in [0, 0.05) is 31.1 Å². The third-order valence-electron chi connectivity index (χ3n) is 4.14. The van der Waals surface area contributed by atoms with Crippen LogP contribution in [0.25, 0.3) is 6.08 Å². The summed E-state index contributed by atoms with van der Waals surface area (Å²) in [6.45, 7) is 4.68. The molecule has 0 fully saturated rings. The van der Waals surface area contributed by atoms with E-state index in [2.05, 4.69) is 5.73 Å². The normalized spacial score (nSPS) is 12.9. The Morgan fingerprint density at radius 2 is 1.92 bits per heavy atom. The van der Waals surface area contributed by atoms with Gasteiger partial charge in [0.1, 0.15) is 10.6 Å². The first-order valence-corrected chi connectivity index (χ1v) is 9.26. The molecule has 0 spiro atoms. The van der Waals surface area contributed by atoms with Crippen molar-refractivity contribution in [3.8, 4) is 5.88 Å². The van der Waals surface area contributed by atoms with E-state index in [1.807, 2.05) is 50.1 Å². The van der Waals surface area contributed by atoms with Crippen LogP contribution in [0, 0.1) is 4.77 Å². The lowest BCUT2D eigenvalue weighted by Crippen LogP contribution is -2.26. The minimum absolute atomic E-state index is 0.113. The highest BCUT2D eigenvalue weighted by molar-refractivity contribution is 8.03. The average Bonchev–Trinajstić information content (AvgIpc) is 2.92. The van der Waals surface area contributed by atoms with Gasteiger partial charge in [0.2, 0.25) is 5.88 Å². The molecule has 1 aliphatic heterocycles. The minimum Gasteiger partial charge on any atom is -0.494 e. The number of aromatic hydroxyl groups is 1. The summed E-state index contributed by atoms with van der Waals surface area (Å²) in [5, 5.41) is 11.3. The van der Waals surface area contributed by atoms with E-state index in [1.165, 1.54) is 4.57 Å². The number of fused-ring (bicyclic) bond motifs is 1. The van der Waals surface area contributed by atoms with Gasteiger partial charge in [-0.2, -0.15) is 0 Å². The maximum atomic E-state index is 12.6. The number of aromatic nitrogens is 2. The van der Waals surface area contributed by atoms with Crippen LogP contribution < -0.4 is 10.5 Å². The smallest absolute Gasteiger partial charge is 0.266 e. The molecular weight excluding hydrogens is 354 g/mol. The zero-order chi connectivity index (χ0) is 18.1. The SMILES string of the molecule is CCn1c(O)c(C=C=C2Sc3ccccc3N2C)c(=O)n(CC)c1=S. The van der Waals surface area contributed by atoms with Gasteiger partial charge in [-0.3, -0.25) is 13.9 Å². The van der Waals surface area contributed by atoms with Crippen LogP contribution in [-0.4, -0.2) is 21.3 Å². The van der Waals surface area contributed by atoms with Crippen LogP contribution in [0.5, 0.6) is 5.88 Å². The van der Waals surface area contributed by atoms with Gasteiger partial charge >= 0.3 is 0 Å². The first kappa shape index (κ1) is 17.6. The summed E-state index contributed by atoms with van der Waals surface area (Å²) >= 11 is 6.88. The molecule has 0 unspecified atom stereocenters. The second kappa shape index (κ2) is 6.96. The Labute approximate surface area is 155 Å². The van der Waals surface area contributed by atoms with E-state index >= 15 is 0 Å². The van der Waals surface area contributed by atoms with Crippen LogP contribution >= 0.6 is 24.0 Å². The fraction of sp³-hybridized carbons (Fsp3) is 0.278. The van der Waals surface area contributed by atoms with Crippen LogP contribution in [0.4, 0.5) is 5.69 Å². The summed E-state index contributed by atoms with van der Waals surface area (Å²) < 4.78 is 3.37. The Balaban J connectivity index is 2.15. The molecule has 2 aromatic rings. The van der Waals surface area contributed by atoms with Crippen molar-refractivity contribution in [1.29, 1.82) is 0 Å². The Bertz CT molecular complexity index is 1010. The van der Waals surface area contributed by atoms with Gasteiger partial charge in [-0.1, -0.05) is 29.6 Å². The van der Waals surface area contributed by atoms with E-state index in [1.54, 1.807) is 22.4 Å². The molecule has 0 atom stereocenters. The van der Waals surface area contributed by atoms with Crippen molar-refractivity contribution in [3.63, 3.8) is 0 Å². The van der Waals surface area contributed by atoms with Crippen LogP contribution in [0.1, 0.15) is 19.4 Å². The molecule has 0 aliphatic carbocycles. The highest BCUT2D eigenvalue weighted by Gasteiger charge is 2.21. The molecule has 1 aliphatic rings. The lowest BCUT2D eigenvalue weighted by Gasteiger charge is -2.13. The number of nitrogens with zero attached hydrogens (tertiary/aromatic N) is 3. The van der Waals surface area contributed by atoms with E-state index < -0.39 is 0 Å². The Morgan fingerprint density at radius 3 is 2.56 bits per heavy atom. The van der Waals surface area contributed by atoms with Crippen molar-refractivity contribution < 1.29 is 5.11 Å². The molecule has 0 radical (unpaired) electrons. The van der Waals surface area contributed by atoms with E-state index in [-0.39, 0.29) is 17.0 Å². The molecule has 2 heterocycles. The summed E-state index contributed by atoms with van der Waals surface area (Å²) in [4.78, 5) is 15.8. The second-order valence-electron chi connectivity index (χ2n) is 5.54. The molecule has 0 amide bonds. The third-order valence-corrected chi connectivity index (χ3v) is 5.74. The fourth-order valence-electron chi connectivity index (χ4n) is 2.76. The molecule has 130 valence electrons. The van der Waals surface area contributed by atoms with E-state index in [4.69, 9.17) is 12.2 Å². The molecule has 5 nitrogen and oxygen atoms in total. The second-order valence-corrected chi connectivity index (χ2v) is 6.93. The number of thioether (sulfide) groups is 1. The number of anilines is 1. The molecule has 7 heteroatoms. The maximum absolute atomic E-state index is 12.6. The highest BCUT2D eigenvalue weighted by Crippen LogP contribution is 2.44. The minimum atomic E-state index is -0.300. The summed E-state index contributed by atoms with van der Waals surface area (Å²) in [5.74, 6) is -0.113. The highest BCUT2D eigenvalue weighted by atomic mass is 32.2. The molecule has 1 aromatic heterocycles. The summed E-state index contributed by atoms with van der Waals surface area (Å²) in [6, 6.07) is 8.06. The molecule has 0 saturated heterocycles. The molecule has 1 aromatic carbocycles. The molecule has 0 saturated carbocycles. The van der Waals surface area contributed by atoms with E-state index in [0.29, 0.717) is 17.9 Å². The zero-order valence-corrected chi connectivity index (χ0v) is 15.9. The predicted molar refractivity (Wildman–Crippen MR) is 105 cm³/mol. The first-order chi connectivity index (χ1) is 12.0. The van der Waals surface area contributed by atoms with Crippen molar-refractivity contribution >= 4 is 35.7 Å². The van der Waals surface area contributed by atoms with Crippen molar-refractivity contribution in [2.24, 2.45) is 0 Å². The van der Waals surface area contributed by atoms with Crippen molar-refractivity contribution in [2.45, 2.75) is 31.8 Å². The topological polar surface area (TPSA) is 50.4 Å². The Hall–Kier alpha value is -2.21. The van der Waals surface area contributed by atoms with Gasteiger partial charge < -0.3 is 10.0 Å². The average molecular weight is 374 g/mol. The van der Waals surface area contributed by atoms with Crippen LogP contribution in [0.15, 0.2) is 44.7 Å². The zero-order valence-electron chi connectivity index (χ0n) is 14.3. The largest absolute Gasteiger partial charge is 0.494 e. The lowest BCUT2D eigenvalue weighted by atomic mass is 10.3. The molecule has 3 rings (SSSR count). The molecule has 0 bridgehead atoms. The van der Waals surface area contributed by atoms with Gasteiger partial charge in [0.25, 0.3) is 5.56 Å². The number of benzene rings is 1. The predicted octanol–water partition coefficient (Wildman–Crippen LogP) is 3.82. The Morgan fingerprint density at radius 1 is 1.24 bits per heavy atom. The fourth-order valence-corrected chi connectivity index (χ4v) is 4.21. The number of para-hydroxylation sites is 1. The monoisotopic (exact) mass is 373 g/mol. The van der Waals surface area contributed by atoms with Crippen molar-refractivity contribution in [3.05, 3.63) is 55.7 Å². The molecule has 25 heavy (non-hydrogen) atoms. The van der Waals surface area contributed by atoms with Gasteiger partial charge in [-0.05, 0) is 38.2 Å². The quantitative estimate of drug-likeness (QED) is 0.655. The van der Waals surface area contributed by atoms with E-state index in [9.17, 15) is 9.90 Å². The number of hydrogen-bond acceptors (Lipinski definition) is 5. The first-order valence-electron chi connectivity index (χ1n) is 8.03. The maximum Gasteiger partial charge on any atom is 0.266 e. The van der Waals surface area contributed by atoms with Gasteiger partial charge in [-0.25, -0.2) is 0 Å². The number of rotatable bonds is 3. The van der Waals surface area contributed by atoms with Crippen molar-refractivity contribution in [2.75, 3.05) is 11.9 Å². The van der Waals surface area contributed by atoms with Crippen LogP contribution in [-0.2, 0) is 13.1 Å². The van der Waals surface area contributed by atoms with Crippen LogP contribution in [0.3, 0.4) is 0 Å². The lowest BCUT2D eigenvalue weighted by molar-refractivity contribution is 0.399. The third kappa shape index (κ3) is 2.95. The van der Waals surface area contributed by atoms with Crippen LogP contribution in [0.2, 0.25) is 0 Å².